The summed E-state index contributed by atoms with van der Waals surface area (Å²) >= 11 is 6.04. The van der Waals surface area contributed by atoms with E-state index >= 15 is 0 Å². The Balaban J connectivity index is 1.71. The van der Waals surface area contributed by atoms with Gasteiger partial charge in [-0.25, -0.2) is 0 Å². The van der Waals surface area contributed by atoms with E-state index in [-0.39, 0.29) is 5.91 Å². The fourth-order valence-corrected chi connectivity index (χ4v) is 3.18. The number of halogens is 1. The van der Waals surface area contributed by atoms with Gasteiger partial charge in [-0.1, -0.05) is 11.6 Å². The van der Waals surface area contributed by atoms with E-state index in [9.17, 15) is 4.79 Å². The number of amides is 1. The number of nitrogens with zero attached hydrogens (tertiary/aromatic N) is 4. The first kappa shape index (κ1) is 18.9. The van der Waals surface area contributed by atoms with Gasteiger partial charge in [-0.2, -0.15) is 10.4 Å². The smallest absolute Gasteiger partial charge is 0.264 e. The van der Waals surface area contributed by atoms with E-state index in [4.69, 9.17) is 27.0 Å². The molecule has 1 aromatic heterocycles. The zero-order valence-corrected chi connectivity index (χ0v) is 15.6. The molecule has 27 heavy (non-hydrogen) atoms. The van der Waals surface area contributed by atoms with E-state index in [1.54, 1.807) is 23.1 Å². The quantitative estimate of drug-likeness (QED) is 0.766. The van der Waals surface area contributed by atoms with Crippen molar-refractivity contribution in [2.45, 2.75) is 13.5 Å². The maximum atomic E-state index is 11.6. The highest BCUT2D eigenvalue weighted by molar-refractivity contribution is 6.30. The standard InChI is InChI=1S/C18H19ClN6O2/c1-12-18(27-15-7-13(9-20)6-14(19)8-15)16(23-22-12)11-24-2-4-25(5-3-24)17(26)10-21/h6-8,10,21H,2-5,11H2,1H3,(H,22,23). The second-order valence-electron chi connectivity index (χ2n) is 6.25. The number of aryl methyl sites for hydroxylation is 1. The lowest BCUT2D eigenvalue weighted by molar-refractivity contribution is -0.125. The van der Waals surface area contributed by atoms with Gasteiger partial charge in [0.15, 0.2) is 5.75 Å². The summed E-state index contributed by atoms with van der Waals surface area (Å²) in [6, 6.07) is 6.91. The van der Waals surface area contributed by atoms with Gasteiger partial charge in [-0.3, -0.25) is 14.8 Å². The summed E-state index contributed by atoms with van der Waals surface area (Å²) in [6.07, 6.45) is 0.848. The first-order chi connectivity index (χ1) is 13.0. The van der Waals surface area contributed by atoms with Gasteiger partial charge in [0.2, 0.25) is 0 Å². The number of rotatable bonds is 5. The van der Waals surface area contributed by atoms with Crippen molar-refractivity contribution in [3.63, 3.8) is 0 Å². The molecule has 0 radical (unpaired) electrons. The van der Waals surface area contributed by atoms with Crippen molar-refractivity contribution in [1.82, 2.24) is 20.0 Å². The van der Waals surface area contributed by atoms with Crippen LogP contribution >= 0.6 is 11.6 Å². The Hall–Kier alpha value is -2.89. The van der Waals surface area contributed by atoms with Crippen molar-refractivity contribution in [3.05, 3.63) is 40.2 Å². The second kappa shape index (κ2) is 8.20. The minimum Gasteiger partial charge on any atom is -0.453 e. The van der Waals surface area contributed by atoms with E-state index in [1.165, 1.54) is 0 Å². The number of carbonyl (C=O) groups excluding carboxylic acids is 1. The Morgan fingerprint density at radius 3 is 2.81 bits per heavy atom. The van der Waals surface area contributed by atoms with Crippen LogP contribution in [0, 0.1) is 23.7 Å². The molecule has 2 heterocycles. The average molecular weight is 387 g/mol. The van der Waals surface area contributed by atoms with Crippen LogP contribution in [0.25, 0.3) is 0 Å². The molecule has 1 aliphatic rings. The molecule has 1 aromatic carbocycles. The van der Waals surface area contributed by atoms with E-state index < -0.39 is 0 Å². The molecule has 8 nitrogen and oxygen atoms in total. The number of carbonyl (C=O) groups is 1. The normalized spacial score (nSPS) is 14.6. The second-order valence-corrected chi connectivity index (χ2v) is 6.69. The summed E-state index contributed by atoms with van der Waals surface area (Å²) in [7, 11) is 0. The molecule has 2 N–H and O–H groups in total. The number of piperazine rings is 1. The summed E-state index contributed by atoms with van der Waals surface area (Å²) in [6.45, 7) is 4.99. The molecule has 2 aromatic rings. The zero-order valence-electron chi connectivity index (χ0n) is 14.8. The molecule has 0 bridgehead atoms. The van der Waals surface area contributed by atoms with Crippen molar-refractivity contribution in [2.24, 2.45) is 0 Å². The Labute approximate surface area is 161 Å². The van der Waals surface area contributed by atoms with Gasteiger partial charge in [0, 0.05) is 37.7 Å². The first-order valence-electron chi connectivity index (χ1n) is 8.44. The number of ether oxygens (including phenoxy) is 1. The minimum absolute atomic E-state index is 0.259. The van der Waals surface area contributed by atoms with Crippen molar-refractivity contribution >= 4 is 23.7 Å². The van der Waals surface area contributed by atoms with Gasteiger partial charge in [0.1, 0.15) is 11.4 Å². The highest BCUT2D eigenvalue weighted by atomic mass is 35.5. The van der Waals surface area contributed by atoms with Crippen molar-refractivity contribution in [1.29, 1.82) is 10.7 Å². The molecule has 1 fully saturated rings. The average Bonchev–Trinajstić information content (AvgIpc) is 3.01. The Morgan fingerprint density at radius 2 is 2.15 bits per heavy atom. The maximum absolute atomic E-state index is 11.6. The van der Waals surface area contributed by atoms with E-state index in [0.717, 1.165) is 11.9 Å². The molecule has 0 spiro atoms. The topological polar surface area (TPSA) is 109 Å². The molecule has 0 aliphatic carbocycles. The molecular weight excluding hydrogens is 368 g/mol. The van der Waals surface area contributed by atoms with Crippen LogP contribution in [0.5, 0.6) is 11.5 Å². The van der Waals surface area contributed by atoms with Crippen molar-refractivity contribution < 1.29 is 9.53 Å². The van der Waals surface area contributed by atoms with Crippen LogP contribution in [0.15, 0.2) is 18.2 Å². The minimum atomic E-state index is -0.259. The highest BCUT2D eigenvalue weighted by Gasteiger charge is 2.22. The molecule has 9 heteroatoms. The van der Waals surface area contributed by atoms with Gasteiger partial charge < -0.3 is 15.0 Å². The Morgan fingerprint density at radius 1 is 1.41 bits per heavy atom. The number of benzene rings is 1. The van der Waals surface area contributed by atoms with Crippen LogP contribution in [-0.2, 0) is 11.3 Å². The molecule has 0 saturated carbocycles. The predicted molar refractivity (Wildman–Crippen MR) is 100 cm³/mol. The van der Waals surface area contributed by atoms with Crippen LogP contribution in [0.3, 0.4) is 0 Å². The Kier molecular flexibility index (Phi) is 5.74. The molecule has 1 saturated heterocycles. The summed E-state index contributed by atoms with van der Waals surface area (Å²) in [5, 5.41) is 23.8. The maximum Gasteiger partial charge on any atom is 0.264 e. The zero-order chi connectivity index (χ0) is 19.4. The Bertz CT molecular complexity index is 896. The van der Waals surface area contributed by atoms with E-state index in [1.807, 2.05) is 6.92 Å². The lowest BCUT2D eigenvalue weighted by Gasteiger charge is -2.33. The third-order valence-electron chi connectivity index (χ3n) is 4.37. The summed E-state index contributed by atoms with van der Waals surface area (Å²) in [4.78, 5) is 15.4. The SMILES string of the molecule is Cc1n[nH]c(CN2CCN(C(=O)C=N)CC2)c1Oc1cc(Cl)cc(C#N)c1. The number of nitriles is 1. The molecule has 1 aliphatic heterocycles. The molecule has 0 atom stereocenters. The fourth-order valence-electron chi connectivity index (χ4n) is 2.96. The van der Waals surface area contributed by atoms with Crippen LogP contribution < -0.4 is 4.74 Å². The molecular formula is C18H19ClN6O2. The number of H-pyrrole nitrogens is 1. The van der Waals surface area contributed by atoms with Gasteiger partial charge >= 0.3 is 0 Å². The number of aromatic nitrogens is 2. The van der Waals surface area contributed by atoms with Gasteiger partial charge in [0.25, 0.3) is 5.91 Å². The monoisotopic (exact) mass is 386 g/mol. The summed E-state index contributed by atoms with van der Waals surface area (Å²) < 4.78 is 5.97. The van der Waals surface area contributed by atoms with Gasteiger partial charge in [0.05, 0.1) is 23.5 Å². The van der Waals surface area contributed by atoms with Crippen LogP contribution in [0.1, 0.15) is 17.0 Å². The highest BCUT2D eigenvalue weighted by Crippen LogP contribution is 2.30. The lowest BCUT2D eigenvalue weighted by Crippen LogP contribution is -2.48. The van der Waals surface area contributed by atoms with Crippen molar-refractivity contribution in [2.75, 3.05) is 26.2 Å². The molecule has 1 amide bonds. The van der Waals surface area contributed by atoms with Crippen LogP contribution in [-0.4, -0.2) is 58.3 Å². The van der Waals surface area contributed by atoms with E-state index in [0.29, 0.717) is 60.5 Å². The molecule has 3 rings (SSSR count). The van der Waals surface area contributed by atoms with Gasteiger partial charge in [-0.05, 0) is 25.1 Å². The van der Waals surface area contributed by atoms with E-state index in [2.05, 4.69) is 21.2 Å². The molecule has 140 valence electrons. The lowest BCUT2D eigenvalue weighted by atomic mass is 10.2. The van der Waals surface area contributed by atoms with Gasteiger partial charge in [-0.15, -0.1) is 0 Å². The largest absolute Gasteiger partial charge is 0.453 e. The first-order valence-corrected chi connectivity index (χ1v) is 8.82. The summed E-state index contributed by atoms with van der Waals surface area (Å²) in [5.74, 6) is 0.829. The number of hydrogen-bond acceptors (Lipinski definition) is 6. The van der Waals surface area contributed by atoms with Crippen LogP contribution in [0.2, 0.25) is 5.02 Å². The number of hydrogen-bond donors (Lipinski definition) is 2. The number of aromatic amines is 1. The van der Waals surface area contributed by atoms with Crippen molar-refractivity contribution in [3.8, 4) is 17.6 Å². The number of nitrogens with one attached hydrogen (secondary N) is 2. The molecule has 0 unspecified atom stereocenters. The fraction of sp³-hybridized carbons (Fsp3) is 0.333. The van der Waals surface area contributed by atoms with Crippen LogP contribution in [0.4, 0.5) is 0 Å². The third kappa shape index (κ3) is 4.45. The summed E-state index contributed by atoms with van der Waals surface area (Å²) in [5.41, 5.74) is 1.95. The third-order valence-corrected chi connectivity index (χ3v) is 4.59. The predicted octanol–water partition coefficient (Wildman–Crippen LogP) is 2.33.